The Balaban J connectivity index is 1.76. The number of aliphatic carboxylic acids is 1. The number of ether oxygens (including phenoxy) is 1. The van der Waals surface area contributed by atoms with Crippen molar-refractivity contribution >= 4 is 11.9 Å². The van der Waals surface area contributed by atoms with E-state index in [1.807, 2.05) is 0 Å². The highest BCUT2D eigenvalue weighted by molar-refractivity contribution is 5.86. The summed E-state index contributed by atoms with van der Waals surface area (Å²) in [7, 11) is 1.71. The molecule has 1 atom stereocenters. The van der Waals surface area contributed by atoms with Crippen molar-refractivity contribution in [3.8, 4) is 0 Å². The van der Waals surface area contributed by atoms with E-state index in [2.05, 4.69) is 4.90 Å². The largest absolute Gasteiger partial charge is 0.481 e. The third kappa shape index (κ3) is 3.70. The number of hydrogen-bond donors (Lipinski definition) is 1. The molecule has 2 heterocycles. The number of carboxylic acids is 1. The van der Waals surface area contributed by atoms with Gasteiger partial charge in [-0.05, 0) is 19.3 Å². The number of methoxy groups -OCH3 is 1. The molecule has 6 heteroatoms. The molecular weight excluding hydrogens is 260 g/mol. The Morgan fingerprint density at radius 2 is 2.10 bits per heavy atom. The zero-order chi connectivity index (χ0) is 14.5. The normalized spacial score (nSPS) is 25.4. The van der Waals surface area contributed by atoms with Crippen molar-refractivity contribution in [1.82, 2.24) is 9.80 Å². The molecule has 0 aromatic heterocycles. The molecule has 0 aromatic rings. The molecule has 6 nitrogen and oxygen atoms in total. The van der Waals surface area contributed by atoms with Gasteiger partial charge >= 0.3 is 5.97 Å². The summed E-state index contributed by atoms with van der Waals surface area (Å²) >= 11 is 0. The number of carbonyl (C=O) groups excluding carboxylic acids is 1. The maximum atomic E-state index is 11.9. The monoisotopic (exact) mass is 284 g/mol. The van der Waals surface area contributed by atoms with Gasteiger partial charge in [-0.15, -0.1) is 0 Å². The van der Waals surface area contributed by atoms with Gasteiger partial charge in [0.1, 0.15) is 0 Å². The number of amides is 1. The van der Waals surface area contributed by atoms with Gasteiger partial charge in [0.05, 0.1) is 5.92 Å². The first-order chi connectivity index (χ1) is 9.61. The topological polar surface area (TPSA) is 70.1 Å². The molecule has 0 aliphatic carbocycles. The fourth-order valence-electron chi connectivity index (χ4n) is 3.14. The van der Waals surface area contributed by atoms with Gasteiger partial charge in [-0.2, -0.15) is 0 Å². The standard InChI is InChI=1S/C14H24N2O4/c1-20-8-2-5-15-6-3-12(4-7-15)16-10-11(14(18)19)9-13(16)17/h11-12H,2-10H2,1H3,(H,18,19). The fraction of sp³-hybridized carbons (Fsp3) is 0.857. The van der Waals surface area contributed by atoms with Crippen LogP contribution >= 0.6 is 0 Å². The molecule has 2 saturated heterocycles. The molecule has 0 saturated carbocycles. The lowest BCUT2D eigenvalue weighted by Gasteiger charge is -2.36. The minimum absolute atomic E-state index is 0.00947. The van der Waals surface area contributed by atoms with Gasteiger partial charge in [-0.25, -0.2) is 0 Å². The van der Waals surface area contributed by atoms with Crippen LogP contribution in [0.1, 0.15) is 25.7 Å². The van der Waals surface area contributed by atoms with Crippen molar-refractivity contribution in [1.29, 1.82) is 0 Å². The van der Waals surface area contributed by atoms with E-state index in [0.717, 1.165) is 45.5 Å². The molecule has 2 rings (SSSR count). The SMILES string of the molecule is COCCCN1CCC(N2CC(C(=O)O)CC2=O)CC1. The number of rotatable bonds is 6. The van der Waals surface area contributed by atoms with Gasteiger partial charge in [0.2, 0.25) is 5.91 Å². The molecule has 114 valence electrons. The number of likely N-dealkylation sites (tertiary alicyclic amines) is 2. The summed E-state index contributed by atoms with van der Waals surface area (Å²) in [6.07, 6.45) is 3.10. The fourth-order valence-corrected chi connectivity index (χ4v) is 3.14. The number of hydrogen-bond acceptors (Lipinski definition) is 4. The molecule has 1 amide bonds. The van der Waals surface area contributed by atoms with Crippen LogP contribution < -0.4 is 0 Å². The Bertz CT molecular complexity index is 353. The average molecular weight is 284 g/mol. The summed E-state index contributed by atoms with van der Waals surface area (Å²) in [6.45, 7) is 4.17. The second kappa shape index (κ2) is 7.04. The maximum Gasteiger partial charge on any atom is 0.308 e. The van der Waals surface area contributed by atoms with Gasteiger partial charge < -0.3 is 19.6 Å². The molecule has 1 unspecified atom stereocenters. The highest BCUT2D eigenvalue weighted by Crippen LogP contribution is 2.25. The van der Waals surface area contributed by atoms with Crippen LogP contribution in [0.15, 0.2) is 0 Å². The van der Waals surface area contributed by atoms with E-state index < -0.39 is 11.9 Å². The number of carbonyl (C=O) groups is 2. The molecule has 0 bridgehead atoms. The minimum atomic E-state index is -0.849. The van der Waals surface area contributed by atoms with Crippen LogP contribution in [0.25, 0.3) is 0 Å². The number of piperidine rings is 1. The molecule has 2 aliphatic heterocycles. The minimum Gasteiger partial charge on any atom is -0.481 e. The molecule has 0 aromatic carbocycles. The summed E-state index contributed by atoms with van der Waals surface area (Å²) in [5.74, 6) is -1.35. The summed E-state index contributed by atoms with van der Waals surface area (Å²) < 4.78 is 5.05. The molecule has 0 spiro atoms. The molecule has 0 radical (unpaired) electrons. The molecule has 2 aliphatic rings. The van der Waals surface area contributed by atoms with Gasteiger partial charge in [-0.3, -0.25) is 9.59 Å². The first-order valence-electron chi connectivity index (χ1n) is 7.35. The molecule has 2 fully saturated rings. The first-order valence-corrected chi connectivity index (χ1v) is 7.35. The first kappa shape index (κ1) is 15.3. The lowest BCUT2D eigenvalue weighted by Crippen LogP contribution is -2.46. The lowest BCUT2D eigenvalue weighted by atomic mass is 10.0. The summed E-state index contributed by atoms with van der Waals surface area (Å²) in [6, 6.07) is 0.227. The highest BCUT2D eigenvalue weighted by atomic mass is 16.5. The second-order valence-corrected chi connectivity index (χ2v) is 5.70. The van der Waals surface area contributed by atoms with Crippen LogP contribution in [0.5, 0.6) is 0 Å². The van der Waals surface area contributed by atoms with Crippen molar-refractivity contribution < 1.29 is 19.4 Å². The van der Waals surface area contributed by atoms with E-state index in [0.29, 0.717) is 6.54 Å². The van der Waals surface area contributed by atoms with Crippen molar-refractivity contribution in [2.24, 2.45) is 5.92 Å². The van der Waals surface area contributed by atoms with Crippen LogP contribution in [0.2, 0.25) is 0 Å². The maximum absolute atomic E-state index is 11.9. The van der Waals surface area contributed by atoms with Crippen molar-refractivity contribution in [3.05, 3.63) is 0 Å². The second-order valence-electron chi connectivity index (χ2n) is 5.70. The van der Waals surface area contributed by atoms with E-state index in [9.17, 15) is 9.59 Å². The van der Waals surface area contributed by atoms with E-state index >= 15 is 0 Å². The van der Waals surface area contributed by atoms with Crippen molar-refractivity contribution in [2.75, 3.05) is 39.9 Å². The average Bonchev–Trinajstić information content (AvgIpc) is 2.82. The van der Waals surface area contributed by atoms with Crippen LogP contribution in [0, 0.1) is 5.92 Å². The van der Waals surface area contributed by atoms with E-state index in [-0.39, 0.29) is 18.4 Å². The molecule has 1 N–H and O–H groups in total. The third-order valence-corrected chi connectivity index (χ3v) is 4.33. The Kier molecular flexibility index (Phi) is 5.37. The van der Waals surface area contributed by atoms with Gasteiger partial charge in [-0.1, -0.05) is 0 Å². The van der Waals surface area contributed by atoms with Gasteiger partial charge in [0, 0.05) is 52.4 Å². The van der Waals surface area contributed by atoms with Gasteiger partial charge in [0.15, 0.2) is 0 Å². The predicted molar refractivity (Wildman–Crippen MR) is 73.4 cm³/mol. The van der Waals surface area contributed by atoms with E-state index in [4.69, 9.17) is 9.84 Å². The van der Waals surface area contributed by atoms with E-state index in [1.165, 1.54) is 0 Å². The predicted octanol–water partition coefficient (Wildman–Crippen LogP) is 0.420. The number of nitrogens with zero attached hydrogens (tertiary/aromatic N) is 2. The smallest absolute Gasteiger partial charge is 0.308 e. The van der Waals surface area contributed by atoms with Crippen molar-refractivity contribution in [2.45, 2.75) is 31.7 Å². The quantitative estimate of drug-likeness (QED) is 0.716. The van der Waals surface area contributed by atoms with Crippen LogP contribution in [0.4, 0.5) is 0 Å². The third-order valence-electron chi connectivity index (χ3n) is 4.33. The highest BCUT2D eigenvalue weighted by Gasteiger charge is 2.38. The summed E-state index contributed by atoms with van der Waals surface area (Å²) in [4.78, 5) is 27.1. The lowest BCUT2D eigenvalue weighted by molar-refractivity contribution is -0.141. The van der Waals surface area contributed by atoms with Gasteiger partial charge in [0.25, 0.3) is 0 Å². The molecule has 20 heavy (non-hydrogen) atoms. The Hall–Kier alpha value is -1.14. The zero-order valence-electron chi connectivity index (χ0n) is 12.1. The summed E-state index contributed by atoms with van der Waals surface area (Å²) in [5, 5.41) is 9.01. The Morgan fingerprint density at radius 1 is 1.40 bits per heavy atom. The van der Waals surface area contributed by atoms with E-state index in [1.54, 1.807) is 12.0 Å². The Labute approximate surface area is 119 Å². The Morgan fingerprint density at radius 3 is 2.65 bits per heavy atom. The number of carboxylic acid groups (broad SMARTS) is 1. The van der Waals surface area contributed by atoms with Crippen molar-refractivity contribution in [3.63, 3.8) is 0 Å². The van der Waals surface area contributed by atoms with Crippen LogP contribution in [-0.4, -0.2) is 72.7 Å². The summed E-state index contributed by atoms with van der Waals surface area (Å²) in [5.41, 5.74) is 0. The zero-order valence-corrected chi connectivity index (χ0v) is 12.1. The van der Waals surface area contributed by atoms with Crippen LogP contribution in [0.3, 0.4) is 0 Å². The molecular formula is C14H24N2O4. The van der Waals surface area contributed by atoms with Crippen LogP contribution in [-0.2, 0) is 14.3 Å².